The number of carbonyl (C=O) groups excluding carboxylic acids is 1. The molecular weight excluding hydrogens is 448 g/mol. The van der Waals surface area contributed by atoms with E-state index in [-0.39, 0.29) is 17.4 Å². The summed E-state index contributed by atoms with van der Waals surface area (Å²) < 4.78 is 36.1. The first-order valence-electron chi connectivity index (χ1n) is 11.5. The average Bonchev–Trinajstić information content (AvgIpc) is 3.13. The Kier molecular flexibility index (Phi) is 6.36. The Bertz CT molecular complexity index is 1390. The molecule has 182 valence electrons. The third-order valence-corrected chi connectivity index (χ3v) is 6.25. The lowest BCUT2D eigenvalue weighted by Crippen LogP contribution is -2.41. The van der Waals surface area contributed by atoms with Crippen molar-refractivity contribution in [2.45, 2.75) is 46.1 Å². The molecule has 0 spiro atoms. The number of benzene rings is 2. The lowest BCUT2D eigenvalue weighted by atomic mass is 9.93. The quantitative estimate of drug-likeness (QED) is 0.350. The van der Waals surface area contributed by atoms with Gasteiger partial charge in [-0.25, -0.2) is 13.3 Å². The van der Waals surface area contributed by atoms with Crippen molar-refractivity contribution < 1.29 is 18.3 Å². The van der Waals surface area contributed by atoms with Crippen LogP contribution in [-0.4, -0.2) is 22.6 Å². The number of aromatic nitrogens is 2. The van der Waals surface area contributed by atoms with Gasteiger partial charge in [-0.1, -0.05) is 32.0 Å². The standard InChI is InChI=1S/C28H29F2N3O2/c1-16(2)26-20(27(34)31-28(4,5)18-10-12-19(35-6)13-11-18)14-15-23-24(17(3)32-33(23)26)25-21(29)8-7-9-22(25)30/h7-16H,1-6H3,(H,31,34). The number of pyridine rings is 1. The number of fused-ring (bicyclic) bond motifs is 1. The van der Waals surface area contributed by atoms with Crippen molar-refractivity contribution in [3.63, 3.8) is 0 Å². The Morgan fingerprint density at radius 3 is 2.20 bits per heavy atom. The van der Waals surface area contributed by atoms with Crippen LogP contribution in [0.5, 0.6) is 5.75 Å². The highest BCUT2D eigenvalue weighted by atomic mass is 19.1. The van der Waals surface area contributed by atoms with Crippen LogP contribution >= 0.6 is 0 Å². The van der Waals surface area contributed by atoms with Crippen molar-refractivity contribution in [1.29, 1.82) is 0 Å². The molecule has 4 rings (SSSR count). The minimum absolute atomic E-state index is 0.0823. The second-order valence-corrected chi connectivity index (χ2v) is 9.45. The minimum atomic E-state index is -0.659. The molecular formula is C28H29F2N3O2. The molecule has 0 bridgehead atoms. The van der Waals surface area contributed by atoms with Gasteiger partial charge in [0.05, 0.1) is 40.7 Å². The van der Waals surface area contributed by atoms with E-state index in [1.54, 1.807) is 30.7 Å². The fourth-order valence-corrected chi connectivity index (χ4v) is 4.47. The van der Waals surface area contributed by atoms with E-state index in [9.17, 15) is 13.6 Å². The lowest BCUT2D eigenvalue weighted by molar-refractivity contribution is 0.0910. The molecule has 35 heavy (non-hydrogen) atoms. The van der Waals surface area contributed by atoms with Gasteiger partial charge in [0.1, 0.15) is 17.4 Å². The van der Waals surface area contributed by atoms with Crippen LogP contribution in [0.2, 0.25) is 0 Å². The summed E-state index contributed by atoms with van der Waals surface area (Å²) in [6.07, 6.45) is 0. The summed E-state index contributed by atoms with van der Waals surface area (Å²) in [4.78, 5) is 13.5. The fourth-order valence-electron chi connectivity index (χ4n) is 4.47. The van der Waals surface area contributed by atoms with E-state index < -0.39 is 17.2 Å². The zero-order chi connectivity index (χ0) is 25.5. The Morgan fingerprint density at radius 2 is 1.63 bits per heavy atom. The summed E-state index contributed by atoms with van der Waals surface area (Å²) in [6, 6.07) is 14.7. The molecule has 0 aliphatic rings. The number of halogens is 2. The maximum absolute atomic E-state index is 14.6. The van der Waals surface area contributed by atoms with E-state index in [0.717, 1.165) is 11.3 Å². The van der Waals surface area contributed by atoms with Crippen LogP contribution in [0.4, 0.5) is 8.78 Å². The Balaban J connectivity index is 1.80. The molecule has 2 aromatic carbocycles. The normalized spacial score (nSPS) is 11.8. The van der Waals surface area contributed by atoms with E-state index >= 15 is 0 Å². The number of rotatable bonds is 6. The van der Waals surface area contributed by atoms with Crippen molar-refractivity contribution in [2.75, 3.05) is 7.11 Å². The Labute approximate surface area is 203 Å². The lowest BCUT2D eigenvalue weighted by Gasteiger charge is -2.28. The van der Waals surface area contributed by atoms with E-state index in [4.69, 9.17) is 4.74 Å². The van der Waals surface area contributed by atoms with Gasteiger partial charge in [0.25, 0.3) is 5.91 Å². The molecule has 0 atom stereocenters. The van der Waals surface area contributed by atoms with Gasteiger partial charge in [-0.05, 0) is 68.7 Å². The zero-order valence-electron chi connectivity index (χ0n) is 20.7. The number of aryl methyl sites for hydroxylation is 1. The molecule has 0 aliphatic heterocycles. The van der Waals surface area contributed by atoms with Crippen LogP contribution in [-0.2, 0) is 5.54 Å². The Hall–Kier alpha value is -3.74. The first-order chi connectivity index (χ1) is 16.5. The molecule has 1 N–H and O–H groups in total. The summed E-state index contributed by atoms with van der Waals surface area (Å²) in [5, 5.41) is 7.72. The van der Waals surface area contributed by atoms with Gasteiger partial charge in [0, 0.05) is 5.56 Å². The topological polar surface area (TPSA) is 55.6 Å². The summed E-state index contributed by atoms with van der Waals surface area (Å²) in [5.74, 6) is -0.918. The van der Waals surface area contributed by atoms with E-state index in [0.29, 0.717) is 28.0 Å². The average molecular weight is 478 g/mol. The van der Waals surface area contributed by atoms with Crippen LogP contribution in [0.3, 0.4) is 0 Å². The summed E-state index contributed by atoms with van der Waals surface area (Å²) in [7, 11) is 1.61. The smallest absolute Gasteiger partial charge is 0.253 e. The van der Waals surface area contributed by atoms with Crippen LogP contribution in [0.15, 0.2) is 54.6 Å². The summed E-state index contributed by atoms with van der Waals surface area (Å²) in [5.41, 5.74) is 2.67. The van der Waals surface area contributed by atoms with E-state index in [1.807, 2.05) is 52.0 Å². The van der Waals surface area contributed by atoms with Gasteiger partial charge in [-0.3, -0.25) is 4.79 Å². The Morgan fingerprint density at radius 1 is 1.00 bits per heavy atom. The van der Waals surface area contributed by atoms with E-state index in [2.05, 4.69) is 10.4 Å². The van der Waals surface area contributed by atoms with Crippen LogP contribution in [0.25, 0.3) is 16.6 Å². The molecule has 7 heteroatoms. The van der Waals surface area contributed by atoms with Crippen molar-refractivity contribution >= 4 is 11.4 Å². The number of ether oxygens (including phenoxy) is 1. The van der Waals surface area contributed by atoms with Gasteiger partial charge in [-0.2, -0.15) is 5.10 Å². The number of methoxy groups -OCH3 is 1. The van der Waals surface area contributed by atoms with Crippen LogP contribution in [0.1, 0.15) is 60.9 Å². The summed E-state index contributed by atoms with van der Waals surface area (Å²) >= 11 is 0. The highest BCUT2D eigenvalue weighted by Crippen LogP contribution is 2.35. The molecule has 5 nitrogen and oxygen atoms in total. The van der Waals surface area contributed by atoms with Gasteiger partial charge in [0.15, 0.2) is 0 Å². The second kappa shape index (κ2) is 9.13. The van der Waals surface area contributed by atoms with Gasteiger partial charge in [-0.15, -0.1) is 0 Å². The number of hydrogen-bond acceptors (Lipinski definition) is 3. The van der Waals surface area contributed by atoms with Crippen molar-refractivity contribution in [1.82, 2.24) is 14.9 Å². The third kappa shape index (κ3) is 4.38. The molecule has 1 amide bonds. The number of nitrogens with one attached hydrogen (secondary N) is 1. The predicted molar refractivity (Wildman–Crippen MR) is 133 cm³/mol. The number of hydrogen-bond donors (Lipinski definition) is 1. The number of amides is 1. The molecule has 2 aromatic heterocycles. The molecule has 4 aromatic rings. The first kappa shape index (κ1) is 24.4. The van der Waals surface area contributed by atoms with E-state index in [1.165, 1.54) is 18.2 Å². The molecule has 0 saturated heterocycles. The van der Waals surface area contributed by atoms with Crippen molar-refractivity contribution in [2.24, 2.45) is 0 Å². The number of nitrogens with zero attached hydrogens (tertiary/aromatic N) is 2. The molecule has 0 saturated carbocycles. The van der Waals surface area contributed by atoms with Crippen LogP contribution < -0.4 is 10.1 Å². The SMILES string of the molecule is COc1ccc(C(C)(C)NC(=O)c2ccc3c(-c4c(F)cccc4F)c(C)nn3c2C(C)C)cc1. The molecule has 0 radical (unpaired) electrons. The fraction of sp³-hybridized carbons (Fsp3) is 0.286. The molecule has 0 aliphatic carbocycles. The monoisotopic (exact) mass is 477 g/mol. The summed E-state index contributed by atoms with van der Waals surface area (Å²) in [6.45, 7) is 9.49. The second-order valence-electron chi connectivity index (χ2n) is 9.45. The highest BCUT2D eigenvalue weighted by Gasteiger charge is 2.28. The van der Waals surface area contributed by atoms with Crippen molar-refractivity contribution in [3.8, 4) is 16.9 Å². The molecule has 0 unspecified atom stereocenters. The van der Waals surface area contributed by atoms with Gasteiger partial charge in [0.2, 0.25) is 0 Å². The highest BCUT2D eigenvalue weighted by molar-refractivity contribution is 5.97. The zero-order valence-corrected chi connectivity index (χ0v) is 20.7. The predicted octanol–water partition coefficient (Wildman–Crippen LogP) is 6.39. The van der Waals surface area contributed by atoms with Gasteiger partial charge >= 0.3 is 0 Å². The first-order valence-corrected chi connectivity index (χ1v) is 11.5. The molecule has 2 heterocycles. The van der Waals surface area contributed by atoms with Crippen molar-refractivity contribution in [3.05, 3.63) is 88.7 Å². The van der Waals surface area contributed by atoms with Crippen LogP contribution in [0, 0.1) is 18.6 Å². The maximum Gasteiger partial charge on any atom is 0.253 e. The van der Waals surface area contributed by atoms with Gasteiger partial charge < -0.3 is 10.1 Å². The largest absolute Gasteiger partial charge is 0.497 e. The molecule has 0 fully saturated rings. The maximum atomic E-state index is 14.6. The minimum Gasteiger partial charge on any atom is -0.497 e. The number of carbonyl (C=O) groups is 1. The third-order valence-electron chi connectivity index (χ3n) is 6.25.